The number of aryl methyl sites for hydroxylation is 2. The summed E-state index contributed by atoms with van der Waals surface area (Å²) in [4.78, 5) is 14.8. The molecule has 0 fully saturated rings. The lowest BCUT2D eigenvalue weighted by atomic mass is 10.1. The third-order valence-corrected chi connectivity index (χ3v) is 6.12. The molecule has 19 heavy (non-hydrogen) atoms. The van der Waals surface area contributed by atoms with Crippen LogP contribution in [-0.2, 0) is 0 Å². The van der Waals surface area contributed by atoms with E-state index in [1.165, 1.54) is 16.9 Å². The summed E-state index contributed by atoms with van der Waals surface area (Å²) >= 11 is 8.25. The van der Waals surface area contributed by atoms with E-state index >= 15 is 0 Å². The van der Waals surface area contributed by atoms with Crippen molar-refractivity contribution in [2.24, 2.45) is 0 Å². The maximum absolute atomic E-state index is 12.4. The molecule has 0 radical (unpaired) electrons. The van der Waals surface area contributed by atoms with E-state index in [2.05, 4.69) is 37.9 Å². The number of benzene rings is 1. The highest BCUT2D eigenvalue weighted by Crippen LogP contribution is 2.33. The van der Waals surface area contributed by atoms with Crippen LogP contribution in [0.3, 0.4) is 0 Å². The highest BCUT2D eigenvalue weighted by Gasteiger charge is 2.18. The van der Waals surface area contributed by atoms with Crippen molar-refractivity contribution >= 4 is 54.8 Å². The van der Waals surface area contributed by atoms with Crippen LogP contribution in [0.25, 0.3) is 0 Å². The SMILES string of the molecule is Cc1ccc(N(C)C(=O)c2cc(Br)c(Br)s2)c(C)c1. The van der Waals surface area contributed by atoms with Crippen LogP contribution in [0.4, 0.5) is 5.69 Å². The first kappa shape index (κ1) is 14.8. The quantitative estimate of drug-likeness (QED) is 0.678. The Morgan fingerprint density at radius 1 is 1.21 bits per heavy atom. The van der Waals surface area contributed by atoms with Crippen molar-refractivity contribution < 1.29 is 4.79 Å². The molecule has 1 aromatic heterocycles. The van der Waals surface area contributed by atoms with E-state index in [0.29, 0.717) is 4.88 Å². The highest BCUT2D eigenvalue weighted by molar-refractivity contribution is 9.13. The molecule has 5 heteroatoms. The third-order valence-electron chi connectivity index (χ3n) is 2.87. The topological polar surface area (TPSA) is 20.3 Å². The zero-order valence-electron chi connectivity index (χ0n) is 10.8. The number of hydrogen-bond donors (Lipinski definition) is 0. The van der Waals surface area contributed by atoms with Crippen molar-refractivity contribution in [1.82, 2.24) is 0 Å². The molecule has 0 saturated heterocycles. The summed E-state index contributed by atoms with van der Waals surface area (Å²) in [5.74, 6) is 0.00310. The molecule has 2 nitrogen and oxygen atoms in total. The van der Waals surface area contributed by atoms with E-state index in [1.54, 1.807) is 4.90 Å². The lowest BCUT2D eigenvalue weighted by Gasteiger charge is -2.19. The number of hydrogen-bond acceptors (Lipinski definition) is 2. The number of thiophene rings is 1. The van der Waals surface area contributed by atoms with Crippen LogP contribution in [0.1, 0.15) is 20.8 Å². The molecule has 0 unspecified atom stereocenters. The molecule has 100 valence electrons. The molecule has 0 N–H and O–H groups in total. The van der Waals surface area contributed by atoms with Gasteiger partial charge >= 0.3 is 0 Å². The van der Waals surface area contributed by atoms with Gasteiger partial charge in [-0.2, -0.15) is 0 Å². The summed E-state index contributed by atoms with van der Waals surface area (Å²) in [6.45, 7) is 4.07. The monoisotopic (exact) mass is 401 g/mol. The lowest BCUT2D eigenvalue weighted by Crippen LogP contribution is -2.26. The summed E-state index contributed by atoms with van der Waals surface area (Å²) in [7, 11) is 1.81. The molecule has 0 spiro atoms. The molecule has 0 aliphatic rings. The Hall–Kier alpha value is -0.650. The Balaban J connectivity index is 2.33. The Morgan fingerprint density at radius 2 is 1.89 bits per heavy atom. The number of carbonyl (C=O) groups excluding carboxylic acids is 1. The summed E-state index contributed by atoms with van der Waals surface area (Å²) in [5.41, 5.74) is 3.24. The maximum atomic E-state index is 12.4. The second kappa shape index (κ2) is 5.77. The molecule has 2 rings (SSSR count). The first-order chi connectivity index (χ1) is 8.90. The van der Waals surface area contributed by atoms with E-state index in [0.717, 1.165) is 19.5 Å². The summed E-state index contributed by atoms with van der Waals surface area (Å²) < 4.78 is 1.85. The molecular formula is C14H13Br2NOS. The van der Waals surface area contributed by atoms with Crippen molar-refractivity contribution in [3.8, 4) is 0 Å². The van der Waals surface area contributed by atoms with Crippen LogP contribution in [0.5, 0.6) is 0 Å². The Morgan fingerprint density at radius 3 is 2.42 bits per heavy atom. The minimum absolute atomic E-state index is 0.00310. The molecule has 0 bridgehead atoms. The zero-order chi connectivity index (χ0) is 14.2. The first-order valence-electron chi connectivity index (χ1n) is 5.70. The minimum atomic E-state index is 0.00310. The van der Waals surface area contributed by atoms with Crippen LogP contribution in [-0.4, -0.2) is 13.0 Å². The highest BCUT2D eigenvalue weighted by atomic mass is 79.9. The van der Waals surface area contributed by atoms with Gasteiger partial charge in [-0.05, 0) is 63.4 Å². The molecule has 1 heterocycles. The summed E-state index contributed by atoms with van der Waals surface area (Å²) in [5, 5.41) is 0. The van der Waals surface area contributed by atoms with E-state index in [1.807, 2.05) is 39.1 Å². The van der Waals surface area contributed by atoms with Crippen LogP contribution in [0.2, 0.25) is 0 Å². The van der Waals surface area contributed by atoms with Crippen LogP contribution < -0.4 is 4.90 Å². The molecule has 1 amide bonds. The van der Waals surface area contributed by atoms with Crippen LogP contribution in [0, 0.1) is 13.8 Å². The molecule has 0 atom stereocenters. The van der Waals surface area contributed by atoms with E-state index in [9.17, 15) is 4.79 Å². The van der Waals surface area contributed by atoms with E-state index < -0.39 is 0 Å². The average molecular weight is 403 g/mol. The van der Waals surface area contributed by atoms with Gasteiger partial charge in [-0.1, -0.05) is 17.7 Å². The van der Waals surface area contributed by atoms with Gasteiger partial charge in [0, 0.05) is 17.2 Å². The van der Waals surface area contributed by atoms with Gasteiger partial charge in [0.15, 0.2) is 0 Å². The Labute approximate surface area is 133 Å². The second-order valence-electron chi connectivity index (χ2n) is 4.39. The first-order valence-corrected chi connectivity index (χ1v) is 8.10. The predicted octanol–water partition coefficient (Wildman–Crippen LogP) is 5.17. The minimum Gasteiger partial charge on any atom is -0.310 e. The smallest absolute Gasteiger partial charge is 0.268 e. The van der Waals surface area contributed by atoms with Gasteiger partial charge in [0.2, 0.25) is 0 Å². The van der Waals surface area contributed by atoms with Gasteiger partial charge in [-0.3, -0.25) is 4.79 Å². The number of nitrogens with zero attached hydrogens (tertiary/aromatic N) is 1. The summed E-state index contributed by atoms with van der Waals surface area (Å²) in [6, 6.07) is 7.93. The molecule has 0 aliphatic heterocycles. The Kier molecular flexibility index (Phi) is 4.48. The number of amides is 1. The second-order valence-corrected chi connectivity index (χ2v) is 7.61. The third kappa shape index (κ3) is 3.09. The van der Waals surface area contributed by atoms with E-state index in [-0.39, 0.29) is 5.91 Å². The van der Waals surface area contributed by atoms with E-state index in [4.69, 9.17) is 0 Å². The molecule has 0 saturated carbocycles. The van der Waals surface area contributed by atoms with Crippen molar-refractivity contribution in [2.45, 2.75) is 13.8 Å². The summed E-state index contributed by atoms with van der Waals surface area (Å²) in [6.07, 6.45) is 0. The maximum Gasteiger partial charge on any atom is 0.268 e. The number of anilines is 1. The largest absolute Gasteiger partial charge is 0.310 e. The van der Waals surface area contributed by atoms with Gasteiger partial charge in [0.05, 0.1) is 8.66 Å². The fourth-order valence-electron chi connectivity index (χ4n) is 1.91. The number of carbonyl (C=O) groups is 1. The number of halogens is 2. The molecule has 2 aromatic rings. The fourth-order valence-corrected chi connectivity index (χ4v) is 3.92. The fraction of sp³-hybridized carbons (Fsp3) is 0.214. The van der Waals surface area contributed by atoms with Crippen molar-refractivity contribution in [1.29, 1.82) is 0 Å². The van der Waals surface area contributed by atoms with Crippen LogP contribution in [0.15, 0.2) is 32.5 Å². The van der Waals surface area contributed by atoms with Crippen molar-refractivity contribution in [3.05, 3.63) is 48.5 Å². The lowest BCUT2D eigenvalue weighted by molar-refractivity contribution is 0.0996. The Bertz CT molecular complexity index is 617. The van der Waals surface area contributed by atoms with Gasteiger partial charge in [0.25, 0.3) is 5.91 Å². The zero-order valence-corrected chi connectivity index (χ0v) is 14.8. The van der Waals surface area contributed by atoms with Gasteiger partial charge in [-0.25, -0.2) is 0 Å². The predicted molar refractivity (Wildman–Crippen MR) is 88.4 cm³/mol. The van der Waals surface area contributed by atoms with Crippen molar-refractivity contribution in [2.75, 3.05) is 11.9 Å². The molecule has 0 aliphatic carbocycles. The molecular weight excluding hydrogens is 390 g/mol. The van der Waals surface area contributed by atoms with Gasteiger partial charge in [-0.15, -0.1) is 11.3 Å². The van der Waals surface area contributed by atoms with Gasteiger partial charge in [0.1, 0.15) is 0 Å². The average Bonchev–Trinajstić information content (AvgIpc) is 2.68. The van der Waals surface area contributed by atoms with Crippen LogP contribution >= 0.6 is 43.2 Å². The van der Waals surface area contributed by atoms with Gasteiger partial charge < -0.3 is 4.90 Å². The number of rotatable bonds is 2. The normalized spacial score (nSPS) is 10.6. The standard InChI is InChI=1S/C14H13Br2NOS/c1-8-4-5-11(9(2)6-8)17(3)14(18)12-7-10(15)13(16)19-12/h4-7H,1-3H3. The van der Waals surface area contributed by atoms with Crippen molar-refractivity contribution in [3.63, 3.8) is 0 Å². The molecule has 1 aromatic carbocycles.